The molecule has 2 atom stereocenters. The van der Waals surface area contributed by atoms with Crippen molar-refractivity contribution in [1.29, 1.82) is 0 Å². The third-order valence-corrected chi connectivity index (χ3v) is 2.99. The number of hydrogen-bond donors (Lipinski definition) is 2. The van der Waals surface area contributed by atoms with Gasteiger partial charge in [-0.2, -0.15) is 0 Å². The largest absolute Gasteiger partial charge is 0.388 e. The third kappa shape index (κ3) is 4.41. The standard InChI is InChI=1S/C12H17BrN2O5/c1-19-7-10(20-2)9(16)6-15-5-8(3-4-13)11(17)14-12(15)18/h3-5,9-10,16H,6-7H2,1-2H3,(H,14,17,18)/b4-3+. The van der Waals surface area contributed by atoms with Gasteiger partial charge in [-0.05, 0) is 11.1 Å². The lowest BCUT2D eigenvalue weighted by Crippen LogP contribution is -2.40. The van der Waals surface area contributed by atoms with Gasteiger partial charge < -0.3 is 14.6 Å². The van der Waals surface area contributed by atoms with Gasteiger partial charge in [0.2, 0.25) is 0 Å². The summed E-state index contributed by atoms with van der Waals surface area (Å²) in [7, 11) is 2.94. The average molecular weight is 349 g/mol. The second-order valence-electron chi connectivity index (χ2n) is 4.09. The molecule has 0 aliphatic rings. The molecule has 1 heterocycles. The molecule has 0 amide bonds. The van der Waals surface area contributed by atoms with Crippen LogP contribution in [-0.4, -0.2) is 47.7 Å². The highest BCUT2D eigenvalue weighted by Gasteiger charge is 2.19. The zero-order valence-corrected chi connectivity index (χ0v) is 12.8. The van der Waals surface area contributed by atoms with Gasteiger partial charge in [0.25, 0.3) is 5.56 Å². The van der Waals surface area contributed by atoms with Crippen molar-refractivity contribution >= 4 is 22.0 Å². The fourth-order valence-electron chi connectivity index (χ4n) is 1.67. The lowest BCUT2D eigenvalue weighted by molar-refractivity contribution is -0.0568. The normalized spacial score (nSPS) is 14.6. The molecular formula is C12H17BrN2O5. The van der Waals surface area contributed by atoms with Gasteiger partial charge in [0.05, 0.1) is 18.7 Å². The Morgan fingerprint density at radius 2 is 2.20 bits per heavy atom. The van der Waals surface area contributed by atoms with Crippen LogP contribution in [-0.2, 0) is 16.0 Å². The smallest absolute Gasteiger partial charge is 0.328 e. The van der Waals surface area contributed by atoms with Crippen LogP contribution in [0.4, 0.5) is 0 Å². The van der Waals surface area contributed by atoms with E-state index in [0.717, 1.165) is 0 Å². The molecule has 0 aliphatic heterocycles. The summed E-state index contributed by atoms with van der Waals surface area (Å²) in [5.41, 5.74) is -0.779. The SMILES string of the molecule is COCC(OC)C(O)Cn1cc(/C=C/Br)c(=O)[nH]c1=O. The summed E-state index contributed by atoms with van der Waals surface area (Å²) in [6, 6.07) is 0. The summed E-state index contributed by atoms with van der Waals surface area (Å²) in [4.78, 5) is 26.9. The molecule has 0 aliphatic carbocycles. The second-order valence-corrected chi connectivity index (χ2v) is 4.61. The fourth-order valence-corrected chi connectivity index (χ4v) is 1.95. The Hall–Kier alpha value is -1.22. The number of rotatable bonds is 7. The fraction of sp³-hybridized carbons (Fsp3) is 0.500. The van der Waals surface area contributed by atoms with Crippen molar-refractivity contribution in [3.05, 3.63) is 37.6 Å². The molecule has 0 saturated carbocycles. The van der Waals surface area contributed by atoms with Crippen LogP contribution < -0.4 is 11.2 Å². The highest BCUT2D eigenvalue weighted by atomic mass is 79.9. The topological polar surface area (TPSA) is 93.5 Å². The number of ether oxygens (including phenoxy) is 2. The first-order valence-electron chi connectivity index (χ1n) is 5.83. The second kappa shape index (κ2) is 8.15. The summed E-state index contributed by atoms with van der Waals surface area (Å²) < 4.78 is 11.2. The van der Waals surface area contributed by atoms with Crippen LogP contribution in [0.5, 0.6) is 0 Å². The number of nitrogens with one attached hydrogen (secondary N) is 1. The van der Waals surface area contributed by atoms with Crippen LogP contribution in [0.1, 0.15) is 5.56 Å². The molecule has 0 bridgehead atoms. The number of nitrogens with zero attached hydrogens (tertiary/aromatic N) is 1. The van der Waals surface area contributed by atoms with Crippen LogP contribution in [0.3, 0.4) is 0 Å². The van der Waals surface area contributed by atoms with E-state index in [0.29, 0.717) is 5.56 Å². The molecule has 1 aromatic rings. The summed E-state index contributed by atoms with van der Waals surface area (Å²) in [6.45, 7) is 0.185. The van der Waals surface area contributed by atoms with Gasteiger partial charge >= 0.3 is 5.69 Å². The van der Waals surface area contributed by atoms with Crippen molar-refractivity contribution in [2.45, 2.75) is 18.8 Å². The van der Waals surface area contributed by atoms with Gasteiger partial charge in [-0.15, -0.1) is 0 Å². The van der Waals surface area contributed by atoms with E-state index in [9.17, 15) is 14.7 Å². The quantitative estimate of drug-likeness (QED) is 0.719. The molecule has 0 radical (unpaired) electrons. The number of hydrogen-bond acceptors (Lipinski definition) is 5. The van der Waals surface area contributed by atoms with Crippen molar-refractivity contribution in [1.82, 2.24) is 9.55 Å². The minimum absolute atomic E-state index is 0.0133. The molecular weight excluding hydrogens is 332 g/mol. The maximum atomic E-state index is 11.7. The summed E-state index contributed by atoms with van der Waals surface area (Å²) in [6.07, 6.45) is 1.38. The maximum Gasteiger partial charge on any atom is 0.328 e. The number of aliphatic hydroxyl groups excluding tert-OH is 1. The number of H-pyrrole nitrogens is 1. The molecule has 2 N–H and O–H groups in total. The first kappa shape index (κ1) is 16.8. The molecule has 7 nitrogen and oxygen atoms in total. The molecule has 2 unspecified atom stereocenters. The molecule has 8 heteroatoms. The Balaban J connectivity index is 2.99. The van der Waals surface area contributed by atoms with E-state index >= 15 is 0 Å². The molecule has 0 fully saturated rings. The molecule has 1 aromatic heterocycles. The van der Waals surface area contributed by atoms with Gasteiger partial charge in [0.15, 0.2) is 0 Å². The van der Waals surface area contributed by atoms with Crippen LogP contribution in [0.2, 0.25) is 0 Å². The van der Waals surface area contributed by atoms with Crippen LogP contribution in [0, 0.1) is 0 Å². The number of aromatic amines is 1. The van der Waals surface area contributed by atoms with E-state index in [1.165, 1.54) is 36.0 Å². The lowest BCUT2D eigenvalue weighted by Gasteiger charge is -2.21. The van der Waals surface area contributed by atoms with Gasteiger partial charge in [-0.3, -0.25) is 14.3 Å². The van der Waals surface area contributed by atoms with Gasteiger partial charge in [-0.25, -0.2) is 4.79 Å². The highest BCUT2D eigenvalue weighted by Crippen LogP contribution is 2.03. The minimum atomic E-state index is -0.940. The maximum absolute atomic E-state index is 11.7. The first-order chi connectivity index (χ1) is 9.53. The van der Waals surface area contributed by atoms with Crippen LogP contribution in [0.25, 0.3) is 6.08 Å². The molecule has 0 saturated heterocycles. The minimum Gasteiger partial charge on any atom is -0.388 e. The highest BCUT2D eigenvalue weighted by molar-refractivity contribution is 9.11. The van der Waals surface area contributed by atoms with Crippen molar-refractivity contribution in [3.8, 4) is 0 Å². The van der Waals surface area contributed by atoms with Crippen LogP contribution >= 0.6 is 15.9 Å². The Bertz CT molecular complexity index is 566. The predicted molar refractivity (Wildman–Crippen MR) is 78.0 cm³/mol. The summed E-state index contributed by atoms with van der Waals surface area (Å²) in [5, 5.41) is 10.0. The van der Waals surface area contributed by atoms with Crippen LogP contribution in [0.15, 0.2) is 20.8 Å². The number of halogens is 1. The Morgan fingerprint density at radius 3 is 2.75 bits per heavy atom. The monoisotopic (exact) mass is 348 g/mol. The zero-order valence-electron chi connectivity index (χ0n) is 11.2. The number of aromatic nitrogens is 2. The van der Waals surface area contributed by atoms with E-state index in [2.05, 4.69) is 20.9 Å². The van der Waals surface area contributed by atoms with Crippen molar-refractivity contribution < 1.29 is 14.6 Å². The average Bonchev–Trinajstić information content (AvgIpc) is 2.41. The van der Waals surface area contributed by atoms with E-state index in [1.54, 1.807) is 0 Å². The van der Waals surface area contributed by atoms with E-state index < -0.39 is 23.5 Å². The van der Waals surface area contributed by atoms with Gasteiger partial charge in [-0.1, -0.05) is 15.9 Å². The molecule has 0 spiro atoms. The summed E-state index contributed by atoms with van der Waals surface area (Å²) >= 11 is 3.06. The lowest BCUT2D eigenvalue weighted by atomic mass is 10.2. The first-order valence-corrected chi connectivity index (χ1v) is 6.75. The van der Waals surface area contributed by atoms with Gasteiger partial charge in [0, 0.05) is 20.4 Å². The molecule has 112 valence electrons. The molecule has 0 aromatic carbocycles. The predicted octanol–water partition coefficient (Wildman–Crippen LogP) is -0.0755. The van der Waals surface area contributed by atoms with E-state index in [1.807, 2.05) is 0 Å². The van der Waals surface area contributed by atoms with Crippen molar-refractivity contribution in [2.75, 3.05) is 20.8 Å². The Morgan fingerprint density at radius 1 is 1.50 bits per heavy atom. The third-order valence-electron chi connectivity index (χ3n) is 2.73. The number of methoxy groups -OCH3 is 2. The van der Waals surface area contributed by atoms with Crippen molar-refractivity contribution in [3.63, 3.8) is 0 Å². The van der Waals surface area contributed by atoms with Gasteiger partial charge in [0.1, 0.15) is 12.2 Å². The molecule has 20 heavy (non-hydrogen) atoms. The van der Waals surface area contributed by atoms with E-state index in [4.69, 9.17) is 9.47 Å². The Kier molecular flexibility index (Phi) is 6.86. The van der Waals surface area contributed by atoms with Crippen molar-refractivity contribution in [2.24, 2.45) is 0 Å². The summed E-state index contributed by atoms with van der Waals surface area (Å²) in [5.74, 6) is 0. The van der Waals surface area contributed by atoms with E-state index in [-0.39, 0.29) is 13.2 Å². The Labute approximate surface area is 124 Å². The number of aliphatic hydroxyl groups is 1. The zero-order chi connectivity index (χ0) is 15.1. The molecule has 1 rings (SSSR count).